The van der Waals surface area contributed by atoms with Gasteiger partial charge in [0.15, 0.2) is 11.6 Å². The summed E-state index contributed by atoms with van der Waals surface area (Å²) in [5.41, 5.74) is 4.18. The Bertz CT molecular complexity index is 584. The molecule has 2 heterocycles. The summed E-state index contributed by atoms with van der Waals surface area (Å²) < 4.78 is 13.2. The Morgan fingerprint density at radius 2 is 2.30 bits per heavy atom. The highest BCUT2D eigenvalue weighted by molar-refractivity contribution is 5.77. The van der Waals surface area contributed by atoms with Gasteiger partial charge in [0.2, 0.25) is 5.95 Å². The van der Waals surface area contributed by atoms with Gasteiger partial charge >= 0.3 is 5.97 Å². The summed E-state index contributed by atoms with van der Waals surface area (Å²) in [6, 6.07) is 0. The molecule has 0 radical (unpaired) electrons. The molecule has 1 aromatic rings. The summed E-state index contributed by atoms with van der Waals surface area (Å²) in [5.74, 6) is -1.51. The number of piperidine rings is 1. The molecular formula is C15H23FN4O3. The Hall–Kier alpha value is -1.96. The zero-order valence-corrected chi connectivity index (χ0v) is 13.4. The molecule has 0 spiro atoms. The number of aliphatic hydroxyl groups is 1. The van der Waals surface area contributed by atoms with Gasteiger partial charge in [0, 0.05) is 13.1 Å². The molecule has 23 heavy (non-hydrogen) atoms. The van der Waals surface area contributed by atoms with Gasteiger partial charge in [-0.25, -0.2) is 9.37 Å². The predicted octanol–water partition coefficient (Wildman–Crippen LogP) is 1.28. The van der Waals surface area contributed by atoms with Gasteiger partial charge in [-0.1, -0.05) is 13.8 Å². The van der Waals surface area contributed by atoms with E-state index in [0.717, 1.165) is 6.20 Å². The van der Waals surface area contributed by atoms with Gasteiger partial charge in [-0.05, 0) is 25.2 Å². The van der Waals surface area contributed by atoms with Gasteiger partial charge in [-0.15, -0.1) is 0 Å². The molecular weight excluding hydrogens is 303 g/mol. The van der Waals surface area contributed by atoms with E-state index in [1.807, 2.05) is 13.8 Å². The van der Waals surface area contributed by atoms with Gasteiger partial charge < -0.3 is 20.8 Å². The van der Waals surface area contributed by atoms with Crippen molar-refractivity contribution in [1.82, 2.24) is 9.97 Å². The molecule has 128 valence electrons. The van der Waals surface area contributed by atoms with Gasteiger partial charge in [0.25, 0.3) is 0 Å². The number of rotatable bonds is 5. The van der Waals surface area contributed by atoms with Crippen LogP contribution in [-0.4, -0.2) is 45.3 Å². The molecule has 1 saturated heterocycles. The minimum atomic E-state index is -1.28. The van der Waals surface area contributed by atoms with E-state index in [1.165, 1.54) is 0 Å². The zero-order valence-electron chi connectivity index (χ0n) is 13.4. The quantitative estimate of drug-likeness (QED) is 0.747. The summed E-state index contributed by atoms with van der Waals surface area (Å²) in [7, 11) is 0. The number of carbonyl (C=O) groups is 1. The lowest BCUT2D eigenvalue weighted by atomic mass is 9.73. The van der Waals surface area contributed by atoms with E-state index in [4.69, 9.17) is 5.73 Å². The van der Waals surface area contributed by atoms with Crippen LogP contribution in [0.2, 0.25) is 0 Å². The van der Waals surface area contributed by atoms with E-state index in [9.17, 15) is 19.4 Å². The minimum absolute atomic E-state index is 0.0707. The summed E-state index contributed by atoms with van der Waals surface area (Å²) in [5, 5.41) is 20.1. The summed E-state index contributed by atoms with van der Waals surface area (Å²) in [6.07, 6.45) is 1.36. The number of nitrogens with two attached hydrogens (primary N) is 1. The minimum Gasteiger partial charge on any atom is -0.481 e. The Morgan fingerprint density at radius 3 is 2.87 bits per heavy atom. The van der Waals surface area contributed by atoms with Crippen molar-refractivity contribution in [2.75, 3.05) is 23.7 Å². The highest BCUT2D eigenvalue weighted by Gasteiger charge is 2.49. The fourth-order valence-electron chi connectivity index (χ4n) is 2.88. The third-order valence-electron chi connectivity index (χ3n) is 4.42. The van der Waals surface area contributed by atoms with Crippen LogP contribution >= 0.6 is 0 Å². The van der Waals surface area contributed by atoms with Crippen molar-refractivity contribution in [2.45, 2.75) is 39.2 Å². The van der Waals surface area contributed by atoms with Crippen LogP contribution in [0.1, 0.15) is 33.1 Å². The molecule has 0 aliphatic carbocycles. The monoisotopic (exact) mass is 326 g/mol. The van der Waals surface area contributed by atoms with Crippen molar-refractivity contribution in [3.05, 3.63) is 12.0 Å². The fraction of sp³-hybridized carbons (Fsp3) is 0.667. The lowest BCUT2D eigenvalue weighted by Gasteiger charge is -2.43. The van der Waals surface area contributed by atoms with Crippen LogP contribution in [0, 0.1) is 17.2 Å². The van der Waals surface area contributed by atoms with Crippen LogP contribution in [-0.2, 0) is 4.79 Å². The van der Waals surface area contributed by atoms with Crippen LogP contribution in [0.15, 0.2) is 6.20 Å². The van der Waals surface area contributed by atoms with Crippen LogP contribution in [0.3, 0.4) is 0 Å². The van der Waals surface area contributed by atoms with E-state index in [1.54, 1.807) is 4.90 Å². The number of nitrogen functional groups attached to an aromatic ring is 1. The van der Waals surface area contributed by atoms with E-state index in [-0.39, 0.29) is 24.7 Å². The number of aromatic nitrogens is 2. The van der Waals surface area contributed by atoms with Crippen molar-refractivity contribution in [2.24, 2.45) is 11.3 Å². The molecule has 0 saturated carbocycles. The molecule has 1 aliphatic rings. The number of aliphatic hydroxyl groups excluding tert-OH is 1. The number of carboxylic acid groups (broad SMARTS) is 1. The molecule has 0 bridgehead atoms. The maximum Gasteiger partial charge on any atom is 0.314 e. The Kier molecular flexibility index (Phi) is 5.03. The summed E-state index contributed by atoms with van der Waals surface area (Å²) in [4.78, 5) is 21.3. The Balaban J connectivity index is 2.28. The Labute approximate surface area is 134 Å². The maximum absolute atomic E-state index is 13.2. The lowest BCUT2D eigenvalue weighted by molar-refractivity contribution is -0.158. The van der Waals surface area contributed by atoms with Crippen LogP contribution in [0.4, 0.5) is 16.2 Å². The molecule has 1 aliphatic heterocycles. The molecule has 1 fully saturated rings. The highest BCUT2D eigenvalue weighted by Crippen LogP contribution is 2.37. The van der Waals surface area contributed by atoms with Gasteiger partial charge in [0.05, 0.1) is 12.3 Å². The van der Waals surface area contributed by atoms with E-state index >= 15 is 0 Å². The SMILES string of the molecule is CC(C)CC[C@@]1(C(=O)O)CN(c2ncc(F)c(N)n2)CC[C@@H]1O. The van der Waals surface area contributed by atoms with Crippen molar-refractivity contribution >= 4 is 17.7 Å². The van der Waals surface area contributed by atoms with Gasteiger partial charge in [0.1, 0.15) is 5.41 Å². The van der Waals surface area contributed by atoms with E-state index < -0.39 is 23.3 Å². The molecule has 2 rings (SSSR count). The second-order valence-electron chi connectivity index (χ2n) is 6.52. The standard InChI is InChI=1S/C15H23FN4O3/c1-9(2)3-5-15(13(22)23)8-20(6-4-11(15)21)14-18-7-10(16)12(17)19-14/h7,9,11,21H,3-6,8H2,1-2H3,(H,22,23)(H2,17,18,19)/t11-,15+/m0/s1. The third-order valence-corrected chi connectivity index (χ3v) is 4.42. The molecule has 2 atom stereocenters. The van der Waals surface area contributed by atoms with Crippen molar-refractivity contribution < 1.29 is 19.4 Å². The normalized spacial score (nSPS) is 24.9. The molecule has 7 nitrogen and oxygen atoms in total. The molecule has 0 aromatic carbocycles. The number of carboxylic acids is 1. The fourth-order valence-corrected chi connectivity index (χ4v) is 2.88. The number of nitrogens with zero attached hydrogens (tertiary/aromatic N) is 3. The topological polar surface area (TPSA) is 113 Å². The molecule has 0 amide bonds. The molecule has 8 heteroatoms. The van der Waals surface area contributed by atoms with Crippen molar-refractivity contribution in [1.29, 1.82) is 0 Å². The van der Waals surface area contributed by atoms with E-state index in [0.29, 0.717) is 25.3 Å². The molecule has 1 aromatic heterocycles. The first-order valence-corrected chi connectivity index (χ1v) is 7.70. The smallest absolute Gasteiger partial charge is 0.314 e. The number of aliphatic carboxylic acids is 1. The summed E-state index contributed by atoms with van der Waals surface area (Å²) >= 11 is 0. The van der Waals surface area contributed by atoms with Gasteiger partial charge in [-0.3, -0.25) is 4.79 Å². The third kappa shape index (κ3) is 3.52. The average Bonchev–Trinajstić information content (AvgIpc) is 2.49. The first kappa shape index (κ1) is 17.4. The number of hydrogen-bond donors (Lipinski definition) is 3. The van der Waals surface area contributed by atoms with Crippen LogP contribution in [0.25, 0.3) is 0 Å². The maximum atomic E-state index is 13.2. The second kappa shape index (κ2) is 6.66. The van der Waals surface area contributed by atoms with E-state index in [2.05, 4.69) is 9.97 Å². The first-order valence-electron chi connectivity index (χ1n) is 7.70. The molecule has 4 N–H and O–H groups in total. The highest BCUT2D eigenvalue weighted by atomic mass is 19.1. The first-order chi connectivity index (χ1) is 10.8. The zero-order chi connectivity index (χ0) is 17.2. The van der Waals surface area contributed by atoms with Gasteiger partial charge in [-0.2, -0.15) is 4.98 Å². The number of anilines is 2. The van der Waals surface area contributed by atoms with Crippen LogP contribution in [0.5, 0.6) is 0 Å². The summed E-state index contributed by atoms with van der Waals surface area (Å²) in [6.45, 7) is 4.48. The van der Waals surface area contributed by atoms with Crippen LogP contribution < -0.4 is 10.6 Å². The second-order valence-corrected chi connectivity index (χ2v) is 6.52. The predicted molar refractivity (Wildman–Crippen MR) is 83.4 cm³/mol. The average molecular weight is 326 g/mol. The Morgan fingerprint density at radius 1 is 1.61 bits per heavy atom. The lowest BCUT2D eigenvalue weighted by Crippen LogP contribution is -2.56. The molecule has 0 unspecified atom stereocenters. The van der Waals surface area contributed by atoms with Crippen molar-refractivity contribution in [3.8, 4) is 0 Å². The number of halogens is 1. The largest absolute Gasteiger partial charge is 0.481 e. The number of hydrogen-bond acceptors (Lipinski definition) is 6. The van der Waals surface area contributed by atoms with Crippen molar-refractivity contribution in [3.63, 3.8) is 0 Å².